The molecule has 3 nitrogen and oxygen atoms in total. The highest BCUT2D eigenvalue weighted by molar-refractivity contribution is 7.13. The fraction of sp³-hybridized carbons (Fsp3) is 0.167. The summed E-state index contributed by atoms with van der Waals surface area (Å²) in [5.74, 6) is -0.298. The number of amides is 1. The normalized spacial score (nSPS) is 14.0. The van der Waals surface area contributed by atoms with Gasteiger partial charge >= 0.3 is 0 Å². The molecule has 23 heavy (non-hydrogen) atoms. The molecule has 1 fully saturated rings. The Balaban J connectivity index is 1.81. The van der Waals surface area contributed by atoms with Gasteiger partial charge in [-0.25, -0.2) is 4.39 Å². The maximum atomic E-state index is 13.2. The minimum Gasteiger partial charge on any atom is -0.349 e. The predicted molar refractivity (Wildman–Crippen MR) is 89.5 cm³/mol. The van der Waals surface area contributed by atoms with Crippen molar-refractivity contribution in [1.82, 2.24) is 9.88 Å². The monoisotopic (exact) mass is 326 g/mol. The predicted octanol–water partition coefficient (Wildman–Crippen LogP) is 4.24. The lowest BCUT2D eigenvalue weighted by Crippen LogP contribution is -2.25. The lowest BCUT2D eigenvalue weighted by atomic mass is 10.1. The number of benzene rings is 1. The quantitative estimate of drug-likeness (QED) is 0.764. The van der Waals surface area contributed by atoms with Crippen LogP contribution in [-0.2, 0) is 0 Å². The first kappa shape index (κ1) is 14.2. The minimum absolute atomic E-state index is 0.0328. The van der Waals surface area contributed by atoms with E-state index in [2.05, 4.69) is 5.32 Å². The first-order valence-corrected chi connectivity index (χ1v) is 8.42. The van der Waals surface area contributed by atoms with Crippen LogP contribution >= 0.6 is 11.3 Å². The van der Waals surface area contributed by atoms with E-state index in [-0.39, 0.29) is 11.7 Å². The zero-order valence-electron chi connectivity index (χ0n) is 12.3. The zero-order valence-corrected chi connectivity index (χ0v) is 13.1. The minimum atomic E-state index is -0.266. The van der Waals surface area contributed by atoms with Gasteiger partial charge in [0.2, 0.25) is 0 Å². The zero-order chi connectivity index (χ0) is 15.8. The number of nitrogens with zero attached hydrogens (tertiary/aromatic N) is 1. The second-order valence-corrected chi connectivity index (χ2v) is 6.55. The summed E-state index contributed by atoms with van der Waals surface area (Å²) in [6, 6.07) is 10.5. The molecular formula is C18H15FN2OS. The van der Waals surface area contributed by atoms with Gasteiger partial charge in [-0.05, 0) is 42.7 Å². The van der Waals surface area contributed by atoms with Crippen molar-refractivity contribution in [3.05, 3.63) is 64.9 Å². The van der Waals surface area contributed by atoms with E-state index in [1.807, 2.05) is 34.5 Å². The molecule has 2 aromatic heterocycles. The first-order valence-electron chi connectivity index (χ1n) is 7.54. The van der Waals surface area contributed by atoms with Gasteiger partial charge in [-0.3, -0.25) is 4.79 Å². The van der Waals surface area contributed by atoms with Crippen molar-refractivity contribution < 1.29 is 9.18 Å². The van der Waals surface area contributed by atoms with Crippen LogP contribution in [0.3, 0.4) is 0 Å². The van der Waals surface area contributed by atoms with Crippen LogP contribution in [0, 0.1) is 5.82 Å². The van der Waals surface area contributed by atoms with Gasteiger partial charge in [0.1, 0.15) is 10.7 Å². The second kappa shape index (κ2) is 5.66. The molecule has 1 saturated carbocycles. The Morgan fingerprint density at radius 3 is 2.52 bits per heavy atom. The maximum absolute atomic E-state index is 13.2. The number of thiophene rings is 1. The Bertz CT molecular complexity index is 833. The summed E-state index contributed by atoms with van der Waals surface area (Å²) in [6.45, 7) is 0. The summed E-state index contributed by atoms with van der Waals surface area (Å²) < 4.78 is 15.1. The summed E-state index contributed by atoms with van der Waals surface area (Å²) in [6.07, 6.45) is 5.95. The van der Waals surface area contributed by atoms with E-state index in [4.69, 9.17) is 0 Å². The summed E-state index contributed by atoms with van der Waals surface area (Å²) in [4.78, 5) is 13.2. The van der Waals surface area contributed by atoms with Crippen LogP contribution in [0.15, 0.2) is 54.2 Å². The third kappa shape index (κ3) is 2.80. The molecule has 0 bridgehead atoms. The highest BCUT2D eigenvalue weighted by Crippen LogP contribution is 2.35. The molecule has 5 heteroatoms. The largest absolute Gasteiger partial charge is 0.349 e. The summed E-state index contributed by atoms with van der Waals surface area (Å²) in [5.41, 5.74) is 2.69. The number of carbonyl (C=O) groups excluding carboxylic acids is 1. The Morgan fingerprint density at radius 2 is 1.87 bits per heavy atom. The second-order valence-electron chi connectivity index (χ2n) is 5.67. The van der Waals surface area contributed by atoms with E-state index in [1.54, 1.807) is 12.1 Å². The van der Waals surface area contributed by atoms with Crippen molar-refractivity contribution in [2.24, 2.45) is 0 Å². The number of nitrogens with one attached hydrogen (secondary N) is 1. The molecule has 0 spiro atoms. The molecule has 3 aromatic rings. The van der Waals surface area contributed by atoms with Crippen molar-refractivity contribution in [2.75, 3.05) is 0 Å². The van der Waals surface area contributed by atoms with E-state index in [9.17, 15) is 9.18 Å². The molecule has 0 aliphatic heterocycles. The van der Waals surface area contributed by atoms with Gasteiger partial charge in [-0.1, -0.05) is 12.1 Å². The van der Waals surface area contributed by atoms with Crippen molar-refractivity contribution in [3.63, 3.8) is 0 Å². The van der Waals surface area contributed by atoms with E-state index >= 15 is 0 Å². The van der Waals surface area contributed by atoms with Gasteiger partial charge in [0.05, 0.1) is 5.69 Å². The third-order valence-electron chi connectivity index (χ3n) is 3.90. The smallest absolute Gasteiger partial charge is 0.263 e. The van der Waals surface area contributed by atoms with Crippen molar-refractivity contribution in [2.45, 2.75) is 18.9 Å². The molecule has 1 aliphatic rings. The first-order chi connectivity index (χ1) is 11.2. The number of carbonyl (C=O) groups is 1. The molecule has 1 aliphatic carbocycles. The summed E-state index contributed by atoms with van der Waals surface area (Å²) in [5, 5.41) is 5.01. The standard InChI is InChI=1S/C18H15FN2OS/c19-13-5-3-12(4-6-13)15-11-23-17(18(22)20-14-7-8-14)16(15)21-9-1-2-10-21/h1-6,9-11,14H,7-8H2,(H,20,22). The Labute approximate surface area is 137 Å². The molecule has 116 valence electrons. The summed E-state index contributed by atoms with van der Waals surface area (Å²) in [7, 11) is 0. The van der Waals surface area contributed by atoms with Crippen LogP contribution < -0.4 is 5.32 Å². The molecule has 0 radical (unpaired) electrons. The maximum Gasteiger partial charge on any atom is 0.263 e. The van der Waals surface area contributed by atoms with Crippen molar-refractivity contribution in [3.8, 4) is 16.8 Å². The molecule has 1 aromatic carbocycles. The van der Waals surface area contributed by atoms with Gasteiger partial charge in [0.15, 0.2) is 0 Å². The van der Waals surface area contributed by atoms with E-state index in [0.717, 1.165) is 29.7 Å². The highest BCUT2D eigenvalue weighted by atomic mass is 32.1. The molecule has 0 saturated heterocycles. The number of rotatable bonds is 4. The van der Waals surface area contributed by atoms with Crippen LogP contribution in [0.5, 0.6) is 0 Å². The third-order valence-corrected chi connectivity index (χ3v) is 4.87. The number of hydrogen-bond donors (Lipinski definition) is 1. The Morgan fingerprint density at radius 1 is 1.17 bits per heavy atom. The van der Waals surface area contributed by atoms with E-state index in [0.29, 0.717) is 10.9 Å². The molecule has 1 amide bonds. The van der Waals surface area contributed by atoms with E-state index in [1.165, 1.54) is 23.5 Å². The lowest BCUT2D eigenvalue weighted by Gasteiger charge is -2.10. The van der Waals surface area contributed by atoms with Gasteiger partial charge in [-0.2, -0.15) is 0 Å². The van der Waals surface area contributed by atoms with Crippen molar-refractivity contribution in [1.29, 1.82) is 0 Å². The number of aromatic nitrogens is 1. The van der Waals surface area contributed by atoms with Gasteiger partial charge in [0.25, 0.3) is 5.91 Å². The lowest BCUT2D eigenvalue weighted by molar-refractivity contribution is 0.0955. The van der Waals surface area contributed by atoms with E-state index < -0.39 is 0 Å². The Kier molecular flexibility index (Phi) is 3.50. The molecule has 0 unspecified atom stereocenters. The molecule has 0 atom stereocenters. The number of hydrogen-bond acceptors (Lipinski definition) is 2. The highest BCUT2D eigenvalue weighted by Gasteiger charge is 2.27. The number of halogens is 1. The van der Waals surface area contributed by atoms with Crippen LogP contribution in [-0.4, -0.2) is 16.5 Å². The van der Waals surface area contributed by atoms with Gasteiger partial charge < -0.3 is 9.88 Å². The SMILES string of the molecule is O=C(NC1CC1)c1scc(-c2ccc(F)cc2)c1-n1cccc1. The average molecular weight is 326 g/mol. The average Bonchev–Trinajstić information content (AvgIpc) is 3.05. The van der Waals surface area contributed by atoms with Crippen LogP contribution in [0.1, 0.15) is 22.5 Å². The van der Waals surface area contributed by atoms with Gasteiger partial charge in [-0.15, -0.1) is 11.3 Å². The fourth-order valence-electron chi connectivity index (χ4n) is 2.57. The Hall–Kier alpha value is -2.40. The van der Waals surface area contributed by atoms with Gasteiger partial charge in [0, 0.05) is 29.4 Å². The van der Waals surface area contributed by atoms with Crippen molar-refractivity contribution >= 4 is 17.2 Å². The topological polar surface area (TPSA) is 34.0 Å². The molecular weight excluding hydrogens is 311 g/mol. The van der Waals surface area contributed by atoms with Crippen LogP contribution in [0.25, 0.3) is 16.8 Å². The molecule has 4 rings (SSSR count). The molecule has 2 heterocycles. The van der Waals surface area contributed by atoms with Crippen LogP contribution in [0.4, 0.5) is 4.39 Å². The fourth-order valence-corrected chi connectivity index (χ4v) is 3.54. The van der Waals surface area contributed by atoms with Crippen LogP contribution in [0.2, 0.25) is 0 Å². The summed E-state index contributed by atoms with van der Waals surface area (Å²) >= 11 is 1.42. The molecule has 1 N–H and O–H groups in total.